The van der Waals surface area contributed by atoms with Gasteiger partial charge in [0.05, 0.1) is 5.92 Å². The summed E-state index contributed by atoms with van der Waals surface area (Å²) in [7, 11) is 0. The molecule has 1 aromatic rings. The van der Waals surface area contributed by atoms with Crippen molar-refractivity contribution in [1.29, 1.82) is 0 Å². The third kappa shape index (κ3) is 1.42. The van der Waals surface area contributed by atoms with E-state index in [4.69, 9.17) is 4.84 Å². The van der Waals surface area contributed by atoms with Gasteiger partial charge in [0.15, 0.2) is 5.75 Å². The van der Waals surface area contributed by atoms with Gasteiger partial charge in [-0.05, 0) is 18.2 Å². The van der Waals surface area contributed by atoms with Crippen LogP contribution in [0.1, 0.15) is 11.5 Å². The molecular weight excluding hydrogens is 246 g/mol. The molecule has 0 saturated carbocycles. The molecule has 0 aliphatic carbocycles. The van der Waals surface area contributed by atoms with Crippen LogP contribution in [0.25, 0.3) is 0 Å². The molecule has 3 nitrogen and oxygen atoms in total. The van der Waals surface area contributed by atoms with E-state index in [1.807, 2.05) is 12.1 Å². The largest absolute Gasteiger partial charge is 0.379 e. The Morgan fingerprint density at radius 2 is 2.36 bits per heavy atom. The molecule has 0 saturated heterocycles. The van der Waals surface area contributed by atoms with E-state index in [0.29, 0.717) is 5.75 Å². The minimum absolute atomic E-state index is 0.189. The van der Waals surface area contributed by atoms with Crippen LogP contribution in [0.3, 0.4) is 0 Å². The van der Waals surface area contributed by atoms with Crippen molar-refractivity contribution in [2.75, 3.05) is 0 Å². The van der Waals surface area contributed by atoms with Crippen LogP contribution in [0.2, 0.25) is 0 Å². The molecule has 1 aromatic carbocycles. The highest BCUT2D eigenvalue weighted by molar-refractivity contribution is 9.10. The first-order valence-electron chi connectivity index (χ1n) is 4.11. The first-order chi connectivity index (χ1) is 6.72. The lowest BCUT2D eigenvalue weighted by Crippen LogP contribution is -2.36. The van der Waals surface area contributed by atoms with E-state index in [0.717, 1.165) is 10.0 Å². The number of fused-ring (bicyclic) bond motifs is 1. The number of nitrogens with one attached hydrogen (secondary N) is 1. The van der Waals surface area contributed by atoms with E-state index >= 15 is 0 Å². The molecule has 0 fully saturated rings. The van der Waals surface area contributed by atoms with Gasteiger partial charge in [-0.15, -0.1) is 6.58 Å². The summed E-state index contributed by atoms with van der Waals surface area (Å²) in [5.74, 6) is 0.138. The molecule has 0 aromatic heterocycles. The lowest BCUT2D eigenvalue weighted by Gasteiger charge is -2.22. The zero-order chi connectivity index (χ0) is 10.1. The first kappa shape index (κ1) is 9.27. The van der Waals surface area contributed by atoms with E-state index in [2.05, 4.69) is 28.0 Å². The SMILES string of the molecule is C=CC1C(=O)NOc2ccc(Br)cc21. The molecule has 1 aliphatic rings. The summed E-state index contributed by atoms with van der Waals surface area (Å²) in [6, 6.07) is 5.52. The number of hydrogen-bond donors (Lipinski definition) is 1. The topological polar surface area (TPSA) is 38.3 Å². The van der Waals surface area contributed by atoms with Crippen molar-refractivity contribution in [3.8, 4) is 5.75 Å². The number of hydroxylamine groups is 1. The van der Waals surface area contributed by atoms with Crippen LogP contribution in [0.15, 0.2) is 35.3 Å². The number of benzene rings is 1. The summed E-state index contributed by atoms with van der Waals surface area (Å²) in [6.45, 7) is 3.63. The van der Waals surface area contributed by atoms with Gasteiger partial charge < -0.3 is 4.84 Å². The molecule has 4 heteroatoms. The monoisotopic (exact) mass is 253 g/mol. The average Bonchev–Trinajstić information content (AvgIpc) is 2.17. The lowest BCUT2D eigenvalue weighted by molar-refractivity contribution is -0.129. The Morgan fingerprint density at radius 3 is 3.07 bits per heavy atom. The number of halogens is 1. The van der Waals surface area contributed by atoms with Gasteiger partial charge in [0.1, 0.15) is 0 Å². The Labute approximate surface area is 89.8 Å². The second-order valence-corrected chi connectivity index (χ2v) is 3.88. The van der Waals surface area contributed by atoms with Gasteiger partial charge in [0.25, 0.3) is 5.91 Å². The van der Waals surface area contributed by atoms with Gasteiger partial charge in [0.2, 0.25) is 0 Å². The predicted molar refractivity (Wildman–Crippen MR) is 55.9 cm³/mol. The van der Waals surface area contributed by atoms with Gasteiger partial charge >= 0.3 is 0 Å². The molecular formula is C10H8BrNO2. The number of hydrogen-bond acceptors (Lipinski definition) is 2. The van der Waals surface area contributed by atoms with Crippen LogP contribution in [-0.2, 0) is 4.79 Å². The Morgan fingerprint density at radius 1 is 1.57 bits per heavy atom. The van der Waals surface area contributed by atoms with Gasteiger partial charge in [-0.25, -0.2) is 0 Å². The van der Waals surface area contributed by atoms with Crippen LogP contribution in [0.5, 0.6) is 5.75 Å². The molecule has 1 atom stereocenters. The number of amides is 1. The van der Waals surface area contributed by atoms with E-state index in [-0.39, 0.29) is 11.8 Å². The van der Waals surface area contributed by atoms with Crippen molar-refractivity contribution in [1.82, 2.24) is 5.48 Å². The molecule has 0 spiro atoms. The third-order valence-electron chi connectivity index (χ3n) is 2.09. The summed E-state index contributed by atoms with van der Waals surface area (Å²) in [4.78, 5) is 16.4. The smallest absolute Gasteiger partial charge is 0.264 e. The van der Waals surface area contributed by atoms with Crippen LogP contribution < -0.4 is 10.3 Å². The Balaban J connectivity index is 2.54. The van der Waals surface area contributed by atoms with E-state index in [9.17, 15) is 4.79 Å². The number of rotatable bonds is 1. The van der Waals surface area contributed by atoms with Crippen molar-refractivity contribution in [3.63, 3.8) is 0 Å². The minimum atomic E-state index is -0.337. The summed E-state index contributed by atoms with van der Waals surface area (Å²) >= 11 is 3.35. The fourth-order valence-electron chi connectivity index (χ4n) is 1.40. The maximum absolute atomic E-state index is 11.4. The summed E-state index contributed by atoms with van der Waals surface area (Å²) < 4.78 is 0.918. The zero-order valence-electron chi connectivity index (χ0n) is 7.29. The van der Waals surface area contributed by atoms with Crippen LogP contribution in [-0.4, -0.2) is 5.91 Å². The number of carbonyl (C=O) groups is 1. The van der Waals surface area contributed by atoms with E-state index < -0.39 is 0 Å². The fourth-order valence-corrected chi connectivity index (χ4v) is 1.78. The first-order valence-corrected chi connectivity index (χ1v) is 4.90. The Kier molecular flexibility index (Phi) is 2.29. The van der Waals surface area contributed by atoms with Crippen molar-refractivity contribution in [2.45, 2.75) is 5.92 Å². The summed E-state index contributed by atoms with van der Waals surface area (Å²) in [6.07, 6.45) is 1.60. The second kappa shape index (κ2) is 3.46. The molecule has 14 heavy (non-hydrogen) atoms. The van der Waals surface area contributed by atoms with Crippen LogP contribution >= 0.6 is 15.9 Å². The van der Waals surface area contributed by atoms with Crippen molar-refractivity contribution in [3.05, 3.63) is 40.9 Å². The van der Waals surface area contributed by atoms with Gasteiger partial charge in [-0.2, -0.15) is 5.48 Å². The highest BCUT2D eigenvalue weighted by atomic mass is 79.9. The van der Waals surface area contributed by atoms with Crippen molar-refractivity contribution >= 4 is 21.8 Å². The molecule has 1 aliphatic heterocycles. The molecule has 2 rings (SSSR count). The van der Waals surface area contributed by atoms with E-state index in [1.54, 1.807) is 12.1 Å². The third-order valence-corrected chi connectivity index (χ3v) is 2.58. The maximum Gasteiger partial charge on any atom is 0.264 e. The average molecular weight is 254 g/mol. The molecule has 0 radical (unpaired) electrons. The van der Waals surface area contributed by atoms with Crippen molar-refractivity contribution in [2.24, 2.45) is 0 Å². The van der Waals surface area contributed by atoms with Crippen LogP contribution in [0.4, 0.5) is 0 Å². The molecule has 1 unspecified atom stereocenters. The summed E-state index contributed by atoms with van der Waals surface area (Å²) in [5, 5.41) is 0. The quantitative estimate of drug-likeness (QED) is 0.780. The molecule has 1 heterocycles. The zero-order valence-corrected chi connectivity index (χ0v) is 8.87. The van der Waals surface area contributed by atoms with Gasteiger partial charge in [-0.3, -0.25) is 4.79 Å². The van der Waals surface area contributed by atoms with Crippen molar-refractivity contribution < 1.29 is 9.63 Å². The van der Waals surface area contributed by atoms with Crippen LogP contribution in [0, 0.1) is 0 Å². The fraction of sp³-hybridized carbons (Fsp3) is 0.100. The highest BCUT2D eigenvalue weighted by Gasteiger charge is 2.26. The standard InChI is InChI=1S/C10H8BrNO2/c1-2-7-8-5-6(11)3-4-9(8)14-12-10(7)13/h2-5,7H,1H2,(H,12,13). The molecule has 0 bridgehead atoms. The highest BCUT2D eigenvalue weighted by Crippen LogP contribution is 2.32. The molecule has 1 N–H and O–H groups in total. The second-order valence-electron chi connectivity index (χ2n) is 2.96. The number of carbonyl (C=O) groups excluding carboxylic acids is 1. The minimum Gasteiger partial charge on any atom is -0.379 e. The summed E-state index contributed by atoms with van der Waals surface area (Å²) in [5.41, 5.74) is 3.16. The molecule has 72 valence electrons. The van der Waals surface area contributed by atoms with Gasteiger partial charge in [-0.1, -0.05) is 22.0 Å². The normalized spacial score (nSPS) is 19.2. The molecule has 1 amide bonds. The Bertz CT molecular complexity index is 403. The van der Waals surface area contributed by atoms with E-state index in [1.165, 1.54) is 0 Å². The maximum atomic E-state index is 11.4. The predicted octanol–water partition coefficient (Wildman–Crippen LogP) is 2.14. The lowest BCUT2D eigenvalue weighted by atomic mass is 9.97. The Hall–Kier alpha value is -1.29. The van der Waals surface area contributed by atoms with Gasteiger partial charge in [0, 0.05) is 10.0 Å².